The van der Waals surface area contributed by atoms with Gasteiger partial charge < -0.3 is 13.6 Å². The molecule has 0 atom stereocenters. The van der Waals surface area contributed by atoms with E-state index in [9.17, 15) is 0 Å². The molecule has 2 aliphatic carbocycles. The van der Waals surface area contributed by atoms with Gasteiger partial charge in [0.2, 0.25) is 0 Å². The van der Waals surface area contributed by atoms with E-state index in [2.05, 4.69) is 185 Å². The van der Waals surface area contributed by atoms with Crippen molar-refractivity contribution in [2.75, 3.05) is 0 Å². The van der Waals surface area contributed by atoms with Crippen LogP contribution in [0.2, 0.25) is 0 Å². The Labute approximate surface area is 373 Å². The standard InChI is InChI=1S/C60H40N2OS/c1-10-28-60(29-11-1)50-26-20-36(37-21-27-54-48(31-37)40-12-2-6-16-52(40)61(54)39-23-25-45-44-15-5-9-19-58(44)64-59(45)33-39)30-46(50)47-35-55-49(34-51(47)60)41-13-3-7-17-53(41)62(55)38-22-24-43-42-14-4-8-18-56(42)63-57(43)32-38/h2-9,12-27,30-35H,1,10-11,28-29H2. The first-order valence-electron chi connectivity index (χ1n) is 22.8. The minimum absolute atomic E-state index is 0.0267. The summed E-state index contributed by atoms with van der Waals surface area (Å²) in [5.74, 6) is 0. The molecule has 0 amide bonds. The summed E-state index contributed by atoms with van der Waals surface area (Å²) >= 11 is 1.88. The Morgan fingerprint density at radius 3 is 1.80 bits per heavy atom. The van der Waals surface area contributed by atoms with Crippen LogP contribution in [0.3, 0.4) is 0 Å². The van der Waals surface area contributed by atoms with Crippen molar-refractivity contribution >= 4 is 97.1 Å². The summed E-state index contributed by atoms with van der Waals surface area (Å²) in [6.07, 6.45) is 6.21. The Balaban J connectivity index is 0.916. The molecule has 3 nitrogen and oxygen atoms in total. The van der Waals surface area contributed by atoms with Gasteiger partial charge in [-0.2, -0.15) is 0 Å². The third kappa shape index (κ3) is 4.70. The van der Waals surface area contributed by atoms with Gasteiger partial charge in [0.25, 0.3) is 0 Å². The monoisotopic (exact) mass is 836 g/mol. The molecule has 4 heterocycles. The summed E-state index contributed by atoms with van der Waals surface area (Å²) in [4.78, 5) is 0. The topological polar surface area (TPSA) is 23.0 Å². The van der Waals surface area contributed by atoms with Crippen molar-refractivity contribution in [2.24, 2.45) is 0 Å². The van der Waals surface area contributed by atoms with Crippen LogP contribution in [0, 0.1) is 0 Å². The molecule has 302 valence electrons. The van der Waals surface area contributed by atoms with Crippen molar-refractivity contribution in [3.05, 3.63) is 193 Å². The summed E-state index contributed by atoms with van der Waals surface area (Å²) in [7, 11) is 0. The molecule has 1 spiro atoms. The van der Waals surface area contributed by atoms with Crippen molar-refractivity contribution < 1.29 is 4.42 Å². The molecule has 1 fully saturated rings. The van der Waals surface area contributed by atoms with Gasteiger partial charge in [-0.25, -0.2) is 0 Å². The minimum Gasteiger partial charge on any atom is -0.456 e. The van der Waals surface area contributed by atoms with Crippen molar-refractivity contribution in [3.63, 3.8) is 0 Å². The number of rotatable bonds is 3. The lowest BCUT2D eigenvalue weighted by Crippen LogP contribution is -2.28. The van der Waals surface area contributed by atoms with Crippen molar-refractivity contribution in [2.45, 2.75) is 37.5 Å². The number of para-hydroxylation sites is 3. The van der Waals surface area contributed by atoms with Gasteiger partial charge in [-0.05, 0) is 125 Å². The Morgan fingerprint density at radius 1 is 0.375 bits per heavy atom. The third-order valence-corrected chi connectivity index (χ3v) is 16.2. The van der Waals surface area contributed by atoms with Crippen LogP contribution in [-0.4, -0.2) is 9.13 Å². The fourth-order valence-corrected chi connectivity index (χ4v) is 13.4. The number of benzene rings is 9. The molecule has 9 aromatic carbocycles. The zero-order valence-corrected chi connectivity index (χ0v) is 35.9. The van der Waals surface area contributed by atoms with Gasteiger partial charge in [-0.1, -0.05) is 116 Å². The van der Waals surface area contributed by atoms with E-state index in [-0.39, 0.29) is 5.41 Å². The van der Waals surface area contributed by atoms with E-state index in [1.807, 2.05) is 17.4 Å². The summed E-state index contributed by atoms with van der Waals surface area (Å²) in [5, 5.41) is 10.1. The predicted molar refractivity (Wildman–Crippen MR) is 270 cm³/mol. The quantitative estimate of drug-likeness (QED) is 0.174. The second-order valence-electron chi connectivity index (χ2n) is 18.3. The lowest BCUT2D eigenvalue weighted by atomic mass is 9.67. The highest BCUT2D eigenvalue weighted by molar-refractivity contribution is 7.25. The van der Waals surface area contributed by atoms with E-state index < -0.39 is 0 Å². The van der Waals surface area contributed by atoms with Crippen molar-refractivity contribution in [1.29, 1.82) is 0 Å². The van der Waals surface area contributed by atoms with Gasteiger partial charge in [-0.15, -0.1) is 11.3 Å². The lowest BCUT2D eigenvalue weighted by Gasteiger charge is -2.36. The number of fused-ring (bicyclic) bond motifs is 17. The number of thiophene rings is 1. The number of hydrogen-bond donors (Lipinski definition) is 0. The van der Waals surface area contributed by atoms with Crippen molar-refractivity contribution in [1.82, 2.24) is 9.13 Å². The summed E-state index contributed by atoms with van der Waals surface area (Å²) in [6, 6.07) is 68.4. The molecule has 0 N–H and O–H groups in total. The van der Waals surface area contributed by atoms with Crippen LogP contribution in [0.4, 0.5) is 0 Å². The molecule has 0 saturated heterocycles. The van der Waals surface area contributed by atoms with Crippen LogP contribution in [0.5, 0.6) is 0 Å². The van der Waals surface area contributed by atoms with Gasteiger partial charge in [0.1, 0.15) is 11.2 Å². The number of aromatic nitrogens is 2. The first-order valence-corrected chi connectivity index (χ1v) is 23.6. The maximum atomic E-state index is 6.45. The van der Waals surface area contributed by atoms with E-state index in [0.717, 1.165) is 27.6 Å². The molecule has 15 rings (SSSR count). The highest BCUT2D eigenvalue weighted by Crippen LogP contribution is 2.58. The second-order valence-corrected chi connectivity index (χ2v) is 19.4. The fraction of sp³-hybridized carbons (Fsp3) is 0.100. The zero-order valence-electron chi connectivity index (χ0n) is 35.1. The molecule has 13 aromatic rings. The van der Waals surface area contributed by atoms with Gasteiger partial charge in [0, 0.05) is 75.3 Å². The molecule has 0 unspecified atom stereocenters. The van der Waals surface area contributed by atoms with Gasteiger partial charge in [0.05, 0.1) is 22.1 Å². The minimum atomic E-state index is 0.0267. The van der Waals surface area contributed by atoms with Crippen LogP contribution in [0.1, 0.15) is 43.2 Å². The predicted octanol–water partition coefficient (Wildman–Crippen LogP) is 17.0. The van der Waals surface area contributed by atoms with E-state index in [4.69, 9.17) is 4.42 Å². The first kappa shape index (κ1) is 35.1. The molecule has 1 saturated carbocycles. The average molecular weight is 837 g/mol. The summed E-state index contributed by atoms with van der Waals surface area (Å²) in [6.45, 7) is 0. The number of hydrogen-bond acceptors (Lipinski definition) is 2. The van der Waals surface area contributed by atoms with E-state index in [1.165, 1.54) is 135 Å². The van der Waals surface area contributed by atoms with Crippen LogP contribution in [-0.2, 0) is 5.41 Å². The maximum absolute atomic E-state index is 6.45. The Bertz CT molecular complexity index is 4130. The highest BCUT2D eigenvalue weighted by Gasteiger charge is 2.44. The van der Waals surface area contributed by atoms with Gasteiger partial charge in [0.15, 0.2) is 0 Å². The third-order valence-electron chi connectivity index (χ3n) is 15.1. The normalized spacial score (nSPS) is 14.7. The van der Waals surface area contributed by atoms with Crippen molar-refractivity contribution in [3.8, 4) is 33.6 Å². The highest BCUT2D eigenvalue weighted by atomic mass is 32.1. The summed E-state index contributed by atoms with van der Waals surface area (Å²) < 4.78 is 14.0. The summed E-state index contributed by atoms with van der Waals surface area (Å²) in [5.41, 5.74) is 17.4. The first-order chi connectivity index (χ1) is 31.7. The van der Waals surface area contributed by atoms with Gasteiger partial charge in [-0.3, -0.25) is 0 Å². The Morgan fingerprint density at radius 2 is 0.969 bits per heavy atom. The Hall–Kier alpha value is -7.40. The molecule has 4 aromatic heterocycles. The second kappa shape index (κ2) is 12.8. The molecule has 0 aliphatic heterocycles. The van der Waals surface area contributed by atoms with Crippen LogP contribution < -0.4 is 0 Å². The molecule has 0 radical (unpaired) electrons. The van der Waals surface area contributed by atoms with E-state index >= 15 is 0 Å². The number of nitrogens with zero attached hydrogens (tertiary/aromatic N) is 2. The average Bonchev–Trinajstić information content (AvgIpc) is 4.14. The zero-order chi connectivity index (χ0) is 41.7. The van der Waals surface area contributed by atoms with Gasteiger partial charge >= 0.3 is 0 Å². The van der Waals surface area contributed by atoms with E-state index in [1.54, 1.807) is 0 Å². The maximum Gasteiger partial charge on any atom is 0.137 e. The van der Waals surface area contributed by atoms with Crippen LogP contribution >= 0.6 is 11.3 Å². The molecule has 4 heteroatoms. The Kier molecular flexibility index (Phi) is 7.04. The SMILES string of the molecule is c1ccc2c(c1)oc1cc(-n3c4ccccc4c4cc5c(cc43)-c3cc(-c4ccc6c(c4)c4ccccc4n6-c4ccc6c(c4)sc4ccccc46)ccc3C53CCCCC3)ccc12. The molecular formula is C60H40N2OS. The van der Waals surface area contributed by atoms with E-state index in [0.29, 0.717) is 0 Å². The number of furan rings is 1. The fourth-order valence-electron chi connectivity index (χ4n) is 12.3. The van der Waals surface area contributed by atoms with Crippen LogP contribution in [0.15, 0.2) is 186 Å². The largest absolute Gasteiger partial charge is 0.456 e. The molecule has 64 heavy (non-hydrogen) atoms. The molecule has 0 bridgehead atoms. The molecular weight excluding hydrogens is 797 g/mol. The molecule has 2 aliphatic rings. The van der Waals surface area contributed by atoms with Crippen LogP contribution in [0.25, 0.3) is 119 Å². The smallest absolute Gasteiger partial charge is 0.137 e. The lowest BCUT2D eigenvalue weighted by molar-refractivity contribution is 0.353.